The van der Waals surface area contributed by atoms with E-state index in [1.54, 1.807) is 43.9 Å². The Hall–Kier alpha value is -4.59. The van der Waals surface area contributed by atoms with Crippen molar-refractivity contribution >= 4 is 34.5 Å². The Labute approximate surface area is 206 Å². The van der Waals surface area contributed by atoms with Crippen molar-refractivity contribution in [3.8, 4) is 28.3 Å². The van der Waals surface area contributed by atoms with Crippen LogP contribution in [0, 0.1) is 12.4 Å². The predicted molar refractivity (Wildman–Crippen MR) is 134 cm³/mol. The molecule has 0 saturated carbocycles. The number of anilines is 2. The van der Waals surface area contributed by atoms with Crippen molar-refractivity contribution in [2.75, 3.05) is 31.4 Å². The highest BCUT2D eigenvalue weighted by molar-refractivity contribution is 6.10. The number of benzene rings is 1. The van der Waals surface area contributed by atoms with Crippen LogP contribution < -0.4 is 15.0 Å². The van der Waals surface area contributed by atoms with Gasteiger partial charge in [-0.2, -0.15) is 5.10 Å². The van der Waals surface area contributed by atoms with Gasteiger partial charge in [-0.1, -0.05) is 0 Å². The number of carbonyl (C=O) groups excluding carboxylic acids is 1. The third-order valence-corrected chi connectivity index (χ3v) is 5.12. The van der Waals surface area contributed by atoms with Crippen molar-refractivity contribution in [2.45, 2.75) is 26.4 Å². The first-order valence-electron chi connectivity index (χ1n) is 10.9. The van der Waals surface area contributed by atoms with Gasteiger partial charge in [0.2, 0.25) is 5.69 Å². The zero-order valence-electron chi connectivity index (χ0n) is 20.7. The molecule has 3 aromatic heterocycles. The summed E-state index contributed by atoms with van der Waals surface area (Å²) in [5.74, 6) is 0.663. The summed E-state index contributed by atoms with van der Waals surface area (Å²) < 4.78 is 31.5. The van der Waals surface area contributed by atoms with Crippen LogP contribution in [-0.4, -0.2) is 48.1 Å². The normalized spacial score (nSPS) is 11.3. The number of fused-ring (bicyclic) bond motifs is 1. The average Bonchev–Trinajstić information content (AvgIpc) is 3.44. The molecule has 11 heteroatoms. The van der Waals surface area contributed by atoms with Crippen molar-refractivity contribution in [1.29, 1.82) is 0 Å². The number of rotatable bonds is 5. The number of methoxy groups -OCH3 is 1. The molecule has 1 amide bonds. The second kappa shape index (κ2) is 9.22. The lowest BCUT2D eigenvalue weighted by molar-refractivity contribution is 0.0635. The van der Waals surface area contributed by atoms with E-state index in [0.29, 0.717) is 28.3 Å². The number of ether oxygens (including phenoxy) is 2. The number of nitrogens with zero attached hydrogens (tertiary/aromatic N) is 4. The second-order valence-corrected chi connectivity index (χ2v) is 9.10. The molecule has 0 bridgehead atoms. The van der Waals surface area contributed by atoms with E-state index in [0.717, 1.165) is 0 Å². The van der Waals surface area contributed by atoms with Crippen LogP contribution in [0.4, 0.5) is 26.6 Å². The number of nitrogens with one attached hydrogen (secondary N) is 2. The molecular weight excluding hydrogens is 467 g/mol. The van der Waals surface area contributed by atoms with E-state index in [9.17, 15) is 4.79 Å². The van der Waals surface area contributed by atoms with Gasteiger partial charge in [0.05, 0.1) is 24.8 Å². The van der Waals surface area contributed by atoms with Gasteiger partial charge in [-0.15, -0.1) is 0 Å². The van der Waals surface area contributed by atoms with Gasteiger partial charge in [0, 0.05) is 37.4 Å². The van der Waals surface area contributed by atoms with Gasteiger partial charge >= 0.3 is 6.09 Å². The number of halogens is 1. The smallest absolute Gasteiger partial charge is 0.413 e. The predicted octanol–water partition coefficient (Wildman–Crippen LogP) is 6.00. The summed E-state index contributed by atoms with van der Waals surface area (Å²) in [7, 11) is 5.06. The number of H-pyrrole nitrogens is 1. The first-order chi connectivity index (χ1) is 17.0. The monoisotopic (exact) mass is 492 g/mol. The topological polar surface area (TPSA) is 110 Å². The molecule has 0 aliphatic heterocycles. The number of aromatic amines is 1. The Morgan fingerprint density at radius 2 is 2.00 bits per heavy atom. The molecule has 0 atom stereocenters. The fourth-order valence-electron chi connectivity index (χ4n) is 3.60. The molecule has 186 valence electrons. The van der Waals surface area contributed by atoms with E-state index in [2.05, 4.69) is 25.3 Å². The summed E-state index contributed by atoms with van der Waals surface area (Å²) >= 11 is 0. The van der Waals surface area contributed by atoms with Gasteiger partial charge in [0.1, 0.15) is 22.9 Å². The van der Waals surface area contributed by atoms with Gasteiger partial charge in [-0.05, 0) is 39.0 Å². The molecule has 0 saturated heterocycles. The first-order valence-corrected chi connectivity index (χ1v) is 10.9. The van der Waals surface area contributed by atoms with Crippen LogP contribution in [0.15, 0.2) is 34.7 Å². The Kier molecular flexibility index (Phi) is 6.28. The van der Waals surface area contributed by atoms with Crippen LogP contribution in [0.3, 0.4) is 0 Å². The molecular formula is C25H25FN6O4. The third-order valence-electron chi connectivity index (χ3n) is 5.12. The van der Waals surface area contributed by atoms with Crippen LogP contribution in [-0.2, 0) is 4.74 Å². The third kappa shape index (κ3) is 4.65. The number of aromatic nitrogens is 3. The number of amides is 1. The van der Waals surface area contributed by atoms with Crippen molar-refractivity contribution in [2.24, 2.45) is 0 Å². The minimum Gasteiger partial charge on any atom is -0.497 e. The number of hydrogen-bond acceptors (Lipinski definition) is 7. The lowest BCUT2D eigenvalue weighted by atomic mass is 10.0. The maximum absolute atomic E-state index is 15.1. The Balaban J connectivity index is 1.99. The minimum absolute atomic E-state index is 0.0276. The van der Waals surface area contributed by atoms with Crippen LogP contribution in [0.25, 0.3) is 38.5 Å². The van der Waals surface area contributed by atoms with Crippen molar-refractivity contribution < 1.29 is 23.1 Å². The van der Waals surface area contributed by atoms with E-state index >= 15 is 4.39 Å². The standard InChI is InChI=1S/C25H25FN6O4/c1-25(2,3)36-24(33)29-23-19-18(16-10-11-17(35-16)32(5)6)21(27-4)20(28-22(19)30-31-23)14-9-8-13(34-7)12-15(14)26/h8-12H,1-3,5-7H3,(H2,28,29,30,31,33). The van der Waals surface area contributed by atoms with Gasteiger partial charge in [0.25, 0.3) is 0 Å². The van der Waals surface area contributed by atoms with Crippen LogP contribution in [0.5, 0.6) is 5.75 Å². The summed E-state index contributed by atoms with van der Waals surface area (Å²) in [6.45, 7) is 13.2. The highest BCUT2D eigenvalue weighted by atomic mass is 19.1. The highest BCUT2D eigenvalue weighted by Gasteiger charge is 2.27. The molecule has 36 heavy (non-hydrogen) atoms. The lowest BCUT2D eigenvalue weighted by Gasteiger charge is -2.19. The molecule has 1 aromatic carbocycles. The lowest BCUT2D eigenvalue weighted by Crippen LogP contribution is -2.27. The molecule has 0 spiro atoms. The maximum Gasteiger partial charge on any atom is 0.413 e. The van der Waals surface area contributed by atoms with Crippen LogP contribution in [0.1, 0.15) is 20.8 Å². The molecule has 0 fully saturated rings. The Bertz CT molecular complexity index is 1490. The fraction of sp³-hybridized carbons (Fsp3) is 0.280. The molecule has 3 heterocycles. The molecule has 0 radical (unpaired) electrons. The van der Waals surface area contributed by atoms with Gasteiger partial charge < -0.3 is 18.8 Å². The quantitative estimate of drug-likeness (QED) is 0.329. The summed E-state index contributed by atoms with van der Waals surface area (Å²) in [5, 5.41) is 9.88. The van der Waals surface area contributed by atoms with E-state index in [1.807, 2.05) is 14.1 Å². The van der Waals surface area contributed by atoms with Gasteiger partial charge in [-0.25, -0.2) is 19.0 Å². The van der Waals surface area contributed by atoms with Gasteiger partial charge in [0.15, 0.2) is 17.3 Å². The summed E-state index contributed by atoms with van der Waals surface area (Å²) in [4.78, 5) is 22.5. The van der Waals surface area contributed by atoms with Gasteiger partial charge in [-0.3, -0.25) is 10.4 Å². The summed E-state index contributed by atoms with van der Waals surface area (Å²) in [5.41, 5.74) is -0.00686. The molecule has 0 unspecified atom stereocenters. The Morgan fingerprint density at radius 1 is 1.25 bits per heavy atom. The minimum atomic E-state index is -0.736. The van der Waals surface area contributed by atoms with E-state index < -0.39 is 17.5 Å². The zero-order chi connectivity index (χ0) is 26.2. The molecule has 0 aliphatic rings. The van der Waals surface area contributed by atoms with E-state index in [-0.39, 0.29) is 28.4 Å². The SMILES string of the molecule is [C-]#[N+]c1c(-c2ccc(OC)cc2F)nc2[nH]nc(NC(=O)OC(C)(C)C)c2c1-c1ccc(N(C)C)o1. The molecule has 4 aromatic rings. The van der Waals surface area contributed by atoms with Crippen LogP contribution >= 0.6 is 0 Å². The number of pyridine rings is 1. The first kappa shape index (κ1) is 24.5. The van der Waals surface area contributed by atoms with Crippen LogP contribution in [0.2, 0.25) is 0 Å². The maximum atomic E-state index is 15.1. The molecule has 10 nitrogen and oxygen atoms in total. The Morgan fingerprint density at radius 3 is 2.58 bits per heavy atom. The molecule has 0 aliphatic carbocycles. The average molecular weight is 493 g/mol. The largest absolute Gasteiger partial charge is 0.497 e. The van der Waals surface area contributed by atoms with E-state index in [4.69, 9.17) is 20.5 Å². The summed E-state index contributed by atoms with van der Waals surface area (Å²) in [6.07, 6.45) is -0.732. The second-order valence-electron chi connectivity index (χ2n) is 9.10. The van der Waals surface area contributed by atoms with Crippen molar-refractivity contribution in [3.05, 3.63) is 47.6 Å². The number of hydrogen-bond donors (Lipinski definition) is 2. The highest BCUT2D eigenvalue weighted by Crippen LogP contribution is 2.46. The van der Waals surface area contributed by atoms with Crippen molar-refractivity contribution in [1.82, 2.24) is 15.2 Å². The summed E-state index contributed by atoms with van der Waals surface area (Å²) in [6, 6.07) is 7.72. The fourth-order valence-corrected chi connectivity index (χ4v) is 3.60. The molecule has 4 rings (SSSR count). The number of carbonyl (C=O) groups is 1. The van der Waals surface area contributed by atoms with Crippen molar-refractivity contribution in [3.63, 3.8) is 0 Å². The molecule has 2 N–H and O–H groups in total. The zero-order valence-corrected chi connectivity index (χ0v) is 20.7. The van der Waals surface area contributed by atoms with E-state index in [1.165, 1.54) is 19.2 Å². The number of furan rings is 1.